The first kappa shape index (κ1) is 7.64. The molecule has 64 valence electrons. The summed E-state index contributed by atoms with van der Waals surface area (Å²) in [5.41, 5.74) is 0.879. The lowest BCUT2D eigenvalue weighted by Gasteiger charge is -2.14. The average Bonchev–Trinajstić information content (AvgIpc) is 2.75. The molecule has 0 aromatic rings. The van der Waals surface area contributed by atoms with E-state index < -0.39 is 0 Å². The van der Waals surface area contributed by atoms with E-state index in [-0.39, 0.29) is 0 Å². The van der Waals surface area contributed by atoms with E-state index in [2.05, 4.69) is 27.7 Å². The maximum absolute atomic E-state index is 2.44. The Kier molecular flexibility index (Phi) is 1.41. The van der Waals surface area contributed by atoms with Crippen LogP contribution in [0.25, 0.3) is 0 Å². The molecule has 0 aromatic heterocycles. The lowest BCUT2D eigenvalue weighted by Crippen LogP contribution is -2.07. The van der Waals surface area contributed by atoms with Gasteiger partial charge >= 0.3 is 0 Å². The summed E-state index contributed by atoms with van der Waals surface area (Å²) >= 11 is 0. The minimum atomic E-state index is 0.879. The van der Waals surface area contributed by atoms with Crippen LogP contribution in [0.1, 0.15) is 40.5 Å². The van der Waals surface area contributed by atoms with Crippen molar-refractivity contribution in [1.82, 2.24) is 0 Å². The molecule has 2 fully saturated rings. The zero-order valence-corrected chi connectivity index (χ0v) is 8.22. The zero-order chi connectivity index (χ0) is 8.22. The predicted octanol–water partition coefficient (Wildman–Crippen LogP) is 3.32. The molecule has 0 aliphatic heterocycles. The van der Waals surface area contributed by atoms with Gasteiger partial charge in [0, 0.05) is 0 Å². The third kappa shape index (κ3) is 0.947. The molecule has 2 aliphatic carbocycles. The summed E-state index contributed by atoms with van der Waals surface area (Å²) in [7, 11) is 0. The molecule has 2 aliphatic rings. The topological polar surface area (TPSA) is 0 Å². The molecular formula is C11H20. The minimum Gasteiger partial charge on any atom is -0.0625 e. The molecule has 2 saturated carbocycles. The highest BCUT2D eigenvalue weighted by atomic mass is 14.7. The first-order valence-corrected chi connectivity index (χ1v) is 5.08. The fourth-order valence-corrected chi connectivity index (χ4v) is 2.84. The lowest BCUT2D eigenvalue weighted by atomic mass is 9.91. The van der Waals surface area contributed by atoms with E-state index in [1.165, 1.54) is 6.42 Å². The van der Waals surface area contributed by atoms with Gasteiger partial charge in [0.15, 0.2) is 0 Å². The van der Waals surface area contributed by atoms with Crippen LogP contribution in [0.5, 0.6) is 0 Å². The van der Waals surface area contributed by atoms with Crippen LogP contribution in [0.3, 0.4) is 0 Å². The van der Waals surface area contributed by atoms with Gasteiger partial charge in [0.1, 0.15) is 0 Å². The molecule has 0 heteroatoms. The van der Waals surface area contributed by atoms with Gasteiger partial charge in [0.05, 0.1) is 0 Å². The Balaban J connectivity index is 1.92. The average molecular weight is 152 g/mol. The van der Waals surface area contributed by atoms with Gasteiger partial charge in [0.25, 0.3) is 0 Å². The second kappa shape index (κ2) is 2.02. The van der Waals surface area contributed by atoms with Crippen molar-refractivity contribution < 1.29 is 0 Å². The van der Waals surface area contributed by atoms with Crippen LogP contribution in [-0.2, 0) is 0 Å². The fraction of sp³-hybridized carbons (Fsp3) is 1.00. The Morgan fingerprint density at radius 2 is 1.73 bits per heavy atom. The second-order valence-electron chi connectivity index (χ2n) is 5.25. The highest BCUT2D eigenvalue weighted by Crippen LogP contribution is 2.76. The normalized spacial score (nSPS) is 49.9. The summed E-state index contributed by atoms with van der Waals surface area (Å²) in [4.78, 5) is 0. The Morgan fingerprint density at radius 1 is 1.18 bits per heavy atom. The standard InChI is InChI=1S/C11H20/c1-7(2)9(4)10-6-11(10)5-8(11)3/h7-10H,5-6H2,1-4H3. The number of rotatable bonds is 2. The van der Waals surface area contributed by atoms with Crippen molar-refractivity contribution in [3.05, 3.63) is 0 Å². The van der Waals surface area contributed by atoms with Gasteiger partial charge in [-0.15, -0.1) is 0 Å². The van der Waals surface area contributed by atoms with Crippen molar-refractivity contribution in [2.45, 2.75) is 40.5 Å². The van der Waals surface area contributed by atoms with E-state index >= 15 is 0 Å². The van der Waals surface area contributed by atoms with Gasteiger partial charge in [-0.2, -0.15) is 0 Å². The van der Waals surface area contributed by atoms with E-state index in [4.69, 9.17) is 0 Å². The molecule has 0 saturated heterocycles. The zero-order valence-electron chi connectivity index (χ0n) is 8.22. The van der Waals surface area contributed by atoms with Gasteiger partial charge in [0.2, 0.25) is 0 Å². The van der Waals surface area contributed by atoms with Crippen molar-refractivity contribution in [3.63, 3.8) is 0 Å². The second-order valence-corrected chi connectivity index (χ2v) is 5.25. The van der Waals surface area contributed by atoms with E-state index in [0.29, 0.717) is 0 Å². The van der Waals surface area contributed by atoms with E-state index in [9.17, 15) is 0 Å². The molecule has 1 spiro atoms. The predicted molar refractivity (Wildman–Crippen MR) is 48.3 cm³/mol. The van der Waals surface area contributed by atoms with Gasteiger partial charge in [-0.3, -0.25) is 0 Å². The maximum Gasteiger partial charge on any atom is -0.0235 e. The number of hydrogen-bond donors (Lipinski definition) is 0. The molecule has 4 atom stereocenters. The van der Waals surface area contributed by atoms with E-state index in [1.54, 1.807) is 6.42 Å². The summed E-state index contributed by atoms with van der Waals surface area (Å²) < 4.78 is 0. The summed E-state index contributed by atoms with van der Waals surface area (Å²) in [5, 5.41) is 0. The maximum atomic E-state index is 2.44. The molecule has 0 aromatic carbocycles. The van der Waals surface area contributed by atoms with Gasteiger partial charge in [-0.1, -0.05) is 27.7 Å². The van der Waals surface area contributed by atoms with E-state index in [0.717, 1.165) is 29.1 Å². The molecule has 4 unspecified atom stereocenters. The van der Waals surface area contributed by atoms with Gasteiger partial charge in [-0.05, 0) is 41.9 Å². The van der Waals surface area contributed by atoms with Gasteiger partial charge in [-0.25, -0.2) is 0 Å². The number of hydrogen-bond acceptors (Lipinski definition) is 0. The van der Waals surface area contributed by atoms with Crippen molar-refractivity contribution in [2.75, 3.05) is 0 Å². The van der Waals surface area contributed by atoms with Crippen molar-refractivity contribution in [3.8, 4) is 0 Å². The summed E-state index contributed by atoms with van der Waals surface area (Å²) in [6, 6.07) is 0. The Morgan fingerprint density at radius 3 is 2.00 bits per heavy atom. The Bertz CT molecular complexity index is 171. The van der Waals surface area contributed by atoms with Crippen LogP contribution in [0.2, 0.25) is 0 Å². The molecular weight excluding hydrogens is 132 g/mol. The van der Waals surface area contributed by atoms with Gasteiger partial charge < -0.3 is 0 Å². The highest BCUT2D eigenvalue weighted by molar-refractivity contribution is 5.17. The molecule has 0 N–H and O–H groups in total. The van der Waals surface area contributed by atoms with Crippen molar-refractivity contribution in [1.29, 1.82) is 0 Å². The molecule has 2 rings (SSSR count). The van der Waals surface area contributed by atoms with Crippen LogP contribution in [0, 0.1) is 29.1 Å². The SMILES string of the molecule is CC(C)C(C)C1CC12CC2C. The molecule has 0 nitrogen and oxygen atoms in total. The Labute approximate surface area is 70.4 Å². The monoisotopic (exact) mass is 152 g/mol. The minimum absolute atomic E-state index is 0.879. The smallest absolute Gasteiger partial charge is 0.0235 e. The Hall–Kier alpha value is 0. The molecule has 0 radical (unpaired) electrons. The molecule has 11 heavy (non-hydrogen) atoms. The van der Waals surface area contributed by atoms with Crippen molar-refractivity contribution in [2.24, 2.45) is 29.1 Å². The molecule has 0 amide bonds. The molecule has 0 bridgehead atoms. The third-order valence-corrected chi connectivity index (χ3v) is 4.37. The van der Waals surface area contributed by atoms with Crippen LogP contribution in [-0.4, -0.2) is 0 Å². The summed E-state index contributed by atoms with van der Waals surface area (Å²) in [5.74, 6) is 4.03. The quantitative estimate of drug-likeness (QED) is 0.569. The summed E-state index contributed by atoms with van der Waals surface area (Å²) in [6.07, 6.45) is 3.09. The fourth-order valence-electron chi connectivity index (χ4n) is 2.84. The first-order valence-electron chi connectivity index (χ1n) is 5.08. The van der Waals surface area contributed by atoms with Crippen LogP contribution < -0.4 is 0 Å². The largest absolute Gasteiger partial charge is 0.0625 e. The third-order valence-electron chi connectivity index (χ3n) is 4.37. The summed E-state index contributed by atoms with van der Waals surface area (Å²) in [6.45, 7) is 9.59. The van der Waals surface area contributed by atoms with Crippen LogP contribution >= 0.6 is 0 Å². The van der Waals surface area contributed by atoms with Crippen molar-refractivity contribution >= 4 is 0 Å². The molecule has 0 heterocycles. The highest BCUT2D eigenvalue weighted by Gasteiger charge is 2.69. The van der Waals surface area contributed by atoms with Crippen LogP contribution in [0.15, 0.2) is 0 Å². The van der Waals surface area contributed by atoms with E-state index in [1.807, 2.05) is 0 Å². The lowest BCUT2D eigenvalue weighted by molar-refractivity contribution is 0.346. The van der Waals surface area contributed by atoms with Crippen LogP contribution in [0.4, 0.5) is 0 Å². The first-order chi connectivity index (χ1) is 5.08.